The number of likely N-dealkylation sites (N-methyl/N-ethyl adjacent to an activating group) is 1. The van der Waals surface area contributed by atoms with Crippen LogP contribution in [-0.2, 0) is 16.1 Å². The van der Waals surface area contributed by atoms with Gasteiger partial charge in [0.2, 0.25) is 0 Å². The van der Waals surface area contributed by atoms with Gasteiger partial charge in [0.25, 0.3) is 0 Å². The summed E-state index contributed by atoms with van der Waals surface area (Å²) in [4.78, 5) is 35.9. The molecule has 1 atom stereocenters. The number of H-pyrrole nitrogens is 1. The van der Waals surface area contributed by atoms with Crippen molar-refractivity contribution in [2.45, 2.75) is 18.9 Å². The van der Waals surface area contributed by atoms with Crippen molar-refractivity contribution in [3.05, 3.63) is 65.2 Å². The van der Waals surface area contributed by atoms with Crippen LogP contribution in [-0.4, -0.2) is 91.2 Å². The molecule has 218 valence electrons. The quantitative estimate of drug-likeness (QED) is 0.115. The summed E-state index contributed by atoms with van der Waals surface area (Å²) in [7, 11) is 2.07. The summed E-state index contributed by atoms with van der Waals surface area (Å²) in [5.74, 6) is -4.41. The fraction of sp³-hybridized carbons (Fsp3) is 0.267. The molecule has 5 rings (SSSR count). The highest BCUT2D eigenvalue weighted by atomic mass is 16.4. The molecule has 0 amide bonds. The average Bonchev–Trinajstić information content (AvgIpc) is 3.37. The van der Waals surface area contributed by atoms with E-state index in [0.29, 0.717) is 23.1 Å². The molecule has 12 nitrogen and oxygen atoms in total. The Balaban J connectivity index is 1.65. The average molecular weight is 573 g/mol. The normalized spacial score (nSPS) is 15.1. The van der Waals surface area contributed by atoms with Crippen molar-refractivity contribution in [2.24, 2.45) is 5.73 Å². The Labute approximate surface area is 241 Å². The predicted octanol–water partition coefficient (Wildman–Crippen LogP) is 2.98. The van der Waals surface area contributed by atoms with E-state index in [1.54, 1.807) is 30.3 Å². The Morgan fingerprint density at radius 1 is 1.00 bits per heavy atom. The summed E-state index contributed by atoms with van der Waals surface area (Å²) in [6.07, 6.45) is -0.684. The number of nitrogens with zero attached hydrogens (tertiary/aromatic N) is 3. The third-order valence-corrected chi connectivity index (χ3v) is 7.61. The zero-order chi connectivity index (χ0) is 30.1. The van der Waals surface area contributed by atoms with Crippen LogP contribution in [0.1, 0.15) is 29.0 Å². The SMILES string of the molecule is CN1CCN(Cc2ccc(O)c(-c3cc(C(CC(=O)O)C(=O)O)cc(-c4nc5cc(C(=N)N)ccc5[nH]4)c3O)c2)CC1. The van der Waals surface area contributed by atoms with Crippen LogP contribution in [0.3, 0.4) is 0 Å². The lowest BCUT2D eigenvalue weighted by Crippen LogP contribution is -2.43. The molecule has 1 fully saturated rings. The van der Waals surface area contributed by atoms with E-state index in [9.17, 15) is 30.0 Å². The zero-order valence-corrected chi connectivity index (χ0v) is 23.0. The minimum atomic E-state index is -1.43. The first kappa shape index (κ1) is 28.6. The molecule has 1 aliphatic heterocycles. The number of phenols is 2. The number of aromatic amines is 1. The number of aromatic hydroxyl groups is 2. The van der Waals surface area contributed by atoms with Crippen LogP contribution >= 0.6 is 0 Å². The number of rotatable bonds is 9. The zero-order valence-electron chi connectivity index (χ0n) is 23.0. The molecule has 0 radical (unpaired) electrons. The first-order chi connectivity index (χ1) is 20.0. The van der Waals surface area contributed by atoms with E-state index < -0.39 is 24.3 Å². The van der Waals surface area contributed by atoms with E-state index in [-0.39, 0.29) is 45.4 Å². The van der Waals surface area contributed by atoms with Gasteiger partial charge in [0.05, 0.1) is 28.9 Å². The molecule has 1 aliphatic rings. The van der Waals surface area contributed by atoms with E-state index >= 15 is 0 Å². The van der Waals surface area contributed by atoms with Gasteiger partial charge in [-0.2, -0.15) is 0 Å². The van der Waals surface area contributed by atoms with Crippen molar-refractivity contribution < 1.29 is 30.0 Å². The number of aromatic nitrogens is 2. The minimum Gasteiger partial charge on any atom is -0.507 e. The first-order valence-electron chi connectivity index (χ1n) is 13.4. The van der Waals surface area contributed by atoms with Crippen molar-refractivity contribution in [1.29, 1.82) is 5.41 Å². The molecule has 3 aromatic carbocycles. The molecule has 4 aromatic rings. The van der Waals surface area contributed by atoms with Crippen molar-refractivity contribution in [1.82, 2.24) is 19.8 Å². The van der Waals surface area contributed by atoms with Gasteiger partial charge in [0.15, 0.2) is 0 Å². The second-order valence-electron chi connectivity index (χ2n) is 10.6. The Morgan fingerprint density at radius 2 is 1.71 bits per heavy atom. The van der Waals surface area contributed by atoms with E-state index in [1.165, 1.54) is 18.2 Å². The van der Waals surface area contributed by atoms with Gasteiger partial charge in [-0.15, -0.1) is 0 Å². The molecular weight excluding hydrogens is 540 g/mol. The Hall–Kier alpha value is -4.94. The van der Waals surface area contributed by atoms with Crippen LogP contribution in [0.25, 0.3) is 33.5 Å². The molecule has 8 N–H and O–H groups in total. The molecular formula is C30H32N6O6. The fourth-order valence-electron chi connectivity index (χ4n) is 5.23. The minimum absolute atomic E-state index is 0.126. The largest absolute Gasteiger partial charge is 0.507 e. The number of aliphatic carboxylic acids is 2. The number of nitrogens with two attached hydrogens (primary N) is 1. The van der Waals surface area contributed by atoms with Gasteiger partial charge < -0.3 is 36.0 Å². The molecule has 1 aromatic heterocycles. The van der Waals surface area contributed by atoms with Gasteiger partial charge >= 0.3 is 11.9 Å². The van der Waals surface area contributed by atoms with Gasteiger partial charge in [0.1, 0.15) is 23.2 Å². The topological polar surface area (TPSA) is 200 Å². The second-order valence-corrected chi connectivity index (χ2v) is 10.6. The highest BCUT2D eigenvalue weighted by Gasteiger charge is 2.28. The summed E-state index contributed by atoms with van der Waals surface area (Å²) in [5, 5.41) is 49.5. The first-order valence-corrected chi connectivity index (χ1v) is 13.4. The molecule has 1 unspecified atom stereocenters. The monoisotopic (exact) mass is 572 g/mol. The molecule has 2 heterocycles. The van der Waals surface area contributed by atoms with E-state index in [1.807, 2.05) is 0 Å². The predicted molar refractivity (Wildman–Crippen MR) is 157 cm³/mol. The summed E-state index contributed by atoms with van der Waals surface area (Å²) >= 11 is 0. The number of piperazine rings is 1. The molecule has 1 saturated heterocycles. The molecule has 12 heteroatoms. The number of carbonyl (C=O) groups is 2. The number of amidine groups is 1. The van der Waals surface area contributed by atoms with Gasteiger partial charge in [-0.1, -0.05) is 6.07 Å². The number of nitrogens with one attached hydrogen (secondary N) is 2. The highest BCUT2D eigenvalue weighted by molar-refractivity contribution is 5.98. The number of hydrogen-bond acceptors (Lipinski definition) is 8. The van der Waals surface area contributed by atoms with Gasteiger partial charge in [-0.3, -0.25) is 19.9 Å². The number of fused-ring (bicyclic) bond motifs is 1. The molecule has 0 aliphatic carbocycles. The van der Waals surface area contributed by atoms with Crippen LogP contribution in [0, 0.1) is 5.41 Å². The van der Waals surface area contributed by atoms with Gasteiger partial charge in [-0.25, -0.2) is 4.98 Å². The van der Waals surface area contributed by atoms with Crippen LogP contribution in [0.15, 0.2) is 48.5 Å². The summed E-state index contributed by atoms with van der Waals surface area (Å²) in [5.41, 5.74) is 8.67. The van der Waals surface area contributed by atoms with Crippen LogP contribution in [0.4, 0.5) is 0 Å². The van der Waals surface area contributed by atoms with Crippen LogP contribution in [0.2, 0.25) is 0 Å². The lowest BCUT2D eigenvalue weighted by atomic mass is 9.89. The molecule has 0 bridgehead atoms. The van der Waals surface area contributed by atoms with Crippen LogP contribution in [0.5, 0.6) is 11.5 Å². The molecule has 0 saturated carbocycles. The number of carboxylic acid groups (broad SMARTS) is 2. The number of hydrogen-bond donors (Lipinski definition) is 7. The molecule has 42 heavy (non-hydrogen) atoms. The number of imidazole rings is 1. The van der Waals surface area contributed by atoms with Crippen molar-refractivity contribution in [3.63, 3.8) is 0 Å². The van der Waals surface area contributed by atoms with Crippen molar-refractivity contribution in [2.75, 3.05) is 33.2 Å². The van der Waals surface area contributed by atoms with Crippen molar-refractivity contribution in [3.8, 4) is 34.0 Å². The number of phenolic OH excluding ortho intramolecular Hbond substituents is 2. The van der Waals surface area contributed by atoms with Crippen LogP contribution < -0.4 is 5.73 Å². The van der Waals surface area contributed by atoms with Gasteiger partial charge in [-0.05, 0) is 60.6 Å². The fourth-order valence-corrected chi connectivity index (χ4v) is 5.23. The Bertz CT molecular complexity index is 1690. The lowest BCUT2D eigenvalue weighted by molar-refractivity contribution is -0.145. The van der Waals surface area contributed by atoms with E-state index in [2.05, 4.69) is 26.8 Å². The highest BCUT2D eigenvalue weighted by Crippen LogP contribution is 2.44. The summed E-state index contributed by atoms with van der Waals surface area (Å²) < 4.78 is 0. The van der Waals surface area contributed by atoms with Gasteiger partial charge in [0, 0.05) is 49.4 Å². The number of benzene rings is 3. The maximum Gasteiger partial charge on any atom is 0.311 e. The maximum absolute atomic E-state index is 12.2. The standard InChI is InChI=1S/C30H32N6O6/c1-35-6-8-36(9-7-35)15-16-2-5-25(37)20(10-16)21-11-18(19(30(41)42)14-26(38)39)12-22(27(21)40)29-33-23-4-3-17(28(31)32)13-24(23)34-29/h2-5,10-13,19,37,40H,6-9,14-15H2,1H3,(H3,31,32)(H,33,34)(H,38,39)(H,41,42). The Morgan fingerprint density at radius 3 is 2.38 bits per heavy atom. The van der Waals surface area contributed by atoms with E-state index in [4.69, 9.17) is 11.1 Å². The molecule has 0 spiro atoms. The maximum atomic E-state index is 12.2. The number of carboxylic acids is 2. The number of nitrogen functional groups attached to an aromatic ring is 1. The second kappa shape index (κ2) is 11.5. The summed E-state index contributed by atoms with van der Waals surface area (Å²) in [6, 6.07) is 12.8. The third-order valence-electron chi connectivity index (χ3n) is 7.61. The third kappa shape index (κ3) is 5.90. The van der Waals surface area contributed by atoms with Crippen molar-refractivity contribution >= 4 is 28.8 Å². The smallest absolute Gasteiger partial charge is 0.311 e. The lowest BCUT2D eigenvalue weighted by Gasteiger charge is -2.32. The van der Waals surface area contributed by atoms with E-state index in [0.717, 1.165) is 31.7 Å². The Kier molecular flexibility index (Phi) is 7.83. The summed E-state index contributed by atoms with van der Waals surface area (Å²) in [6.45, 7) is 4.24.